The first-order valence-corrected chi connectivity index (χ1v) is 11.5. The van der Waals surface area contributed by atoms with Gasteiger partial charge >= 0.3 is 0 Å². The van der Waals surface area contributed by atoms with E-state index in [1.807, 2.05) is 29.2 Å². The maximum atomic E-state index is 13.5. The van der Waals surface area contributed by atoms with E-state index in [1.54, 1.807) is 24.1 Å². The average molecular weight is 438 g/mol. The molecular formula is C25H31N3O4. The summed E-state index contributed by atoms with van der Waals surface area (Å²) in [6.07, 6.45) is 8.83. The Bertz CT molecular complexity index is 1060. The number of hydrogen-bond donors (Lipinski definition) is 1. The number of nitrogens with zero attached hydrogens (tertiary/aromatic N) is 2. The summed E-state index contributed by atoms with van der Waals surface area (Å²) in [5.74, 6) is 0.0462. The van der Waals surface area contributed by atoms with Gasteiger partial charge in [0.05, 0.1) is 7.11 Å². The highest BCUT2D eigenvalue weighted by atomic mass is 16.5. The van der Waals surface area contributed by atoms with E-state index in [-0.39, 0.29) is 29.1 Å². The third-order valence-corrected chi connectivity index (χ3v) is 6.33. The largest absolute Gasteiger partial charge is 0.497 e. The molecule has 1 aliphatic carbocycles. The molecule has 1 saturated heterocycles. The number of methoxy groups -OCH3 is 1. The van der Waals surface area contributed by atoms with Crippen molar-refractivity contribution in [2.75, 3.05) is 13.7 Å². The average Bonchev–Trinajstić information content (AvgIpc) is 3.63. The van der Waals surface area contributed by atoms with Crippen molar-refractivity contribution in [3.8, 4) is 5.75 Å². The minimum Gasteiger partial charge on any atom is -0.497 e. The third kappa shape index (κ3) is 4.87. The lowest BCUT2D eigenvalue weighted by atomic mass is 9.98. The van der Waals surface area contributed by atoms with Crippen molar-refractivity contribution in [2.24, 2.45) is 0 Å². The molecule has 1 saturated carbocycles. The second-order valence-corrected chi connectivity index (χ2v) is 8.74. The Kier molecular flexibility index (Phi) is 6.63. The zero-order valence-electron chi connectivity index (χ0n) is 18.8. The quantitative estimate of drug-likeness (QED) is 0.721. The SMILES string of the molecule is CC[C@@H]1CCCCN1C(=O)c1cn(Cc2cccc(OC)c2)cc(C(=O)NC2CC2)c1=O. The van der Waals surface area contributed by atoms with E-state index in [0.29, 0.717) is 13.1 Å². The molecule has 1 aromatic carbocycles. The monoisotopic (exact) mass is 437 g/mol. The Morgan fingerprint density at radius 3 is 2.62 bits per heavy atom. The van der Waals surface area contributed by atoms with Crippen molar-refractivity contribution >= 4 is 11.8 Å². The Labute approximate surface area is 188 Å². The van der Waals surface area contributed by atoms with Crippen molar-refractivity contribution in [1.82, 2.24) is 14.8 Å². The van der Waals surface area contributed by atoms with Gasteiger partial charge in [-0.15, -0.1) is 0 Å². The Balaban J connectivity index is 1.71. The molecule has 0 unspecified atom stereocenters. The highest BCUT2D eigenvalue weighted by Gasteiger charge is 2.30. The molecule has 4 rings (SSSR count). The molecule has 170 valence electrons. The maximum Gasteiger partial charge on any atom is 0.259 e. The highest BCUT2D eigenvalue weighted by molar-refractivity contribution is 5.99. The lowest BCUT2D eigenvalue weighted by Crippen LogP contribution is -2.45. The number of hydrogen-bond acceptors (Lipinski definition) is 4. The molecule has 2 aromatic rings. The lowest BCUT2D eigenvalue weighted by molar-refractivity contribution is 0.0605. The van der Waals surface area contributed by atoms with Crippen LogP contribution in [0.15, 0.2) is 41.5 Å². The van der Waals surface area contributed by atoms with E-state index in [9.17, 15) is 14.4 Å². The number of carbonyl (C=O) groups excluding carboxylic acids is 2. The number of rotatable bonds is 7. The van der Waals surface area contributed by atoms with Gasteiger partial charge in [-0.1, -0.05) is 19.1 Å². The van der Waals surface area contributed by atoms with Crippen LogP contribution >= 0.6 is 0 Å². The van der Waals surface area contributed by atoms with E-state index < -0.39 is 11.3 Å². The second kappa shape index (κ2) is 9.59. The van der Waals surface area contributed by atoms with Crippen LogP contribution in [0.2, 0.25) is 0 Å². The molecule has 1 atom stereocenters. The first kappa shape index (κ1) is 22.1. The van der Waals surface area contributed by atoms with Gasteiger partial charge in [0.1, 0.15) is 16.9 Å². The van der Waals surface area contributed by atoms with Crippen molar-refractivity contribution < 1.29 is 14.3 Å². The van der Waals surface area contributed by atoms with Gasteiger partial charge < -0.3 is 19.5 Å². The van der Waals surface area contributed by atoms with Gasteiger partial charge in [0.15, 0.2) is 0 Å². The van der Waals surface area contributed by atoms with Crippen LogP contribution in [-0.2, 0) is 6.54 Å². The number of carbonyl (C=O) groups is 2. The smallest absolute Gasteiger partial charge is 0.259 e. The van der Waals surface area contributed by atoms with Gasteiger partial charge in [-0.25, -0.2) is 0 Å². The van der Waals surface area contributed by atoms with Crippen LogP contribution in [0.25, 0.3) is 0 Å². The molecule has 2 aliphatic rings. The summed E-state index contributed by atoms with van der Waals surface area (Å²) < 4.78 is 7.07. The van der Waals surface area contributed by atoms with Gasteiger partial charge in [0, 0.05) is 37.6 Å². The van der Waals surface area contributed by atoms with Crippen LogP contribution in [0.5, 0.6) is 5.75 Å². The van der Waals surface area contributed by atoms with Crippen LogP contribution in [-0.4, -0.2) is 47.0 Å². The molecule has 0 radical (unpaired) electrons. The first-order valence-electron chi connectivity index (χ1n) is 11.5. The van der Waals surface area contributed by atoms with E-state index in [2.05, 4.69) is 12.2 Å². The van der Waals surface area contributed by atoms with Gasteiger partial charge in [0.25, 0.3) is 11.8 Å². The molecule has 1 aliphatic heterocycles. The van der Waals surface area contributed by atoms with Gasteiger partial charge in [-0.2, -0.15) is 0 Å². The number of nitrogens with one attached hydrogen (secondary N) is 1. The standard InChI is InChI=1S/C25H31N3O4/c1-3-19-8-4-5-12-28(19)25(31)22-16-27(14-17-7-6-9-20(13-17)32-2)15-21(23(22)29)24(30)26-18-10-11-18/h6-7,9,13,15-16,18-19H,3-5,8,10-12,14H2,1-2H3,(H,26,30)/t19-/m1/s1. The number of piperidine rings is 1. The zero-order valence-corrected chi connectivity index (χ0v) is 18.8. The summed E-state index contributed by atoms with van der Waals surface area (Å²) in [6.45, 7) is 3.13. The Morgan fingerprint density at radius 1 is 1.12 bits per heavy atom. The van der Waals surface area contributed by atoms with Gasteiger partial charge in [-0.3, -0.25) is 14.4 Å². The summed E-state index contributed by atoms with van der Waals surface area (Å²) in [5.41, 5.74) is 0.548. The molecule has 2 amide bonds. The first-order chi connectivity index (χ1) is 15.5. The molecular weight excluding hydrogens is 406 g/mol. The predicted molar refractivity (Wildman–Crippen MR) is 122 cm³/mol. The van der Waals surface area contributed by atoms with E-state index in [4.69, 9.17) is 4.74 Å². The number of amides is 2. The summed E-state index contributed by atoms with van der Waals surface area (Å²) in [7, 11) is 1.61. The van der Waals surface area contributed by atoms with Crippen LogP contribution in [0, 0.1) is 0 Å². The molecule has 1 N–H and O–H groups in total. The molecule has 7 nitrogen and oxygen atoms in total. The number of ether oxygens (including phenoxy) is 1. The summed E-state index contributed by atoms with van der Waals surface area (Å²) in [5, 5.41) is 2.89. The molecule has 0 spiro atoms. The van der Waals surface area contributed by atoms with Crippen molar-refractivity contribution in [3.05, 3.63) is 63.6 Å². The molecule has 2 heterocycles. The minimum atomic E-state index is -0.490. The highest BCUT2D eigenvalue weighted by Crippen LogP contribution is 2.22. The molecule has 0 bridgehead atoms. The van der Waals surface area contributed by atoms with Crippen LogP contribution in [0.4, 0.5) is 0 Å². The topological polar surface area (TPSA) is 80.6 Å². The number of aromatic nitrogens is 1. The molecule has 7 heteroatoms. The Hall–Kier alpha value is -3.09. The fraction of sp³-hybridized carbons (Fsp3) is 0.480. The van der Waals surface area contributed by atoms with Crippen molar-refractivity contribution in [2.45, 2.75) is 64.1 Å². The van der Waals surface area contributed by atoms with Crippen LogP contribution < -0.4 is 15.5 Å². The summed E-state index contributed by atoms with van der Waals surface area (Å²) >= 11 is 0. The Morgan fingerprint density at radius 2 is 1.91 bits per heavy atom. The van der Waals surface area contributed by atoms with Crippen molar-refractivity contribution in [1.29, 1.82) is 0 Å². The maximum absolute atomic E-state index is 13.5. The lowest BCUT2D eigenvalue weighted by Gasteiger charge is -2.35. The van der Waals surface area contributed by atoms with Crippen LogP contribution in [0.1, 0.15) is 71.7 Å². The normalized spacial score (nSPS) is 18.3. The predicted octanol–water partition coefficient (Wildman–Crippen LogP) is 3.20. The van der Waals surface area contributed by atoms with E-state index in [0.717, 1.165) is 49.8 Å². The molecule has 2 fully saturated rings. The fourth-order valence-electron chi connectivity index (χ4n) is 4.36. The summed E-state index contributed by atoms with van der Waals surface area (Å²) in [4.78, 5) is 41.4. The fourth-order valence-corrected chi connectivity index (χ4v) is 4.36. The number of likely N-dealkylation sites (tertiary alicyclic amines) is 1. The zero-order chi connectivity index (χ0) is 22.7. The second-order valence-electron chi connectivity index (χ2n) is 8.74. The van der Waals surface area contributed by atoms with Gasteiger partial charge in [0.2, 0.25) is 5.43 Å². The molecule has 1 aromatic heterocycles. The third-order valence-electron chi connectivity index (χ3n) is 6.33. The van der Waals surface area contributed by atoms with Crippen molar-refractivity contribution in [3.63, 3.8) is 0 Å². The van der Waals surface area contributed by atoms with Gasteiger partial charge in [-0.05, 0) is 56.2 Å². The number of pyridine rings is 1. The summed E-state index contributed by atoms with van der Waals surface area (Å²) in [6, 6.07) is 7.86. The van der Waals surface area contributed by atoms with E-state index >= 15 is 0 Å². The minimum absolute atomic E-state index is 0.0238. The van der Waals surface area contributed by atoms with Crippen LogP contribution in [0.3, 0.4) is 0 Å². The number of benzene rings is 1. The van der Waals surface area contributed by atoms with E-state index in [1.165, 1.54) is 0 Å². The molecule has 32 heavy (non-hydrogen) atoms.